The van der Waals surface area contributed by atoms with Crippen molar-refractivity contribution in [1.29, 1.82) is 5.41 Å². The zero-order chi connectivity index (χ0) is 7.40. The van der Waals surface area contributed by atoms with Crippen molar-refractivity contribution in [3.05, 3.63) is 35.5 Å². The van der Waals surface area contributed by atoms with E-state index in [0.29, 0.717) is 0 Å². The molecule has 0 heterocycles. The van der Waals surface area contributed by atoms with Crippen molar-refractivity contribution >= 4 is 17.4 Å². The summed E-state index contributed by atoms with van der Waals surface area (Å²) >= 11 is 3.81. The predicted octanol–water partition coefficient (Wildman–Crippen LogP) is 2.48. The van der Waals surface area contributed by atoms with Crippen molar-refractivity contribution in [2.75, 3.05) is 0 Å². The fourth-order valence-corrected chi connectivity index (χ4v) is 1.01. The minimum absolute atomic E-state index is 1.19. The molecule has 2 heteroatoms. The van der Waals surface area contributed by atoms with Gasteiger partial charge in [0.2, 0.25) is 0 Å². The van der Waals surface area contributed by atoms with Gasteiger partial charge in [0.25, 0.3) is 0 Å². The van der Waals surface area contributed by atoms with Crippen molar-refractivity contribution in [3.63, 3.8) is 0 Å². The zero-order valence-corrected chi connectivity index (χ0v) is 6.24. The molecule has 2 aliphatic carbocycles. The average Bonchev–Trinajstić information content (AvgIpc) is 2.49. The highest BCUT2D eigenvalue weighted by molar-refractivity contribution is 7.78. The Hall–Kier alpha value is -0.980. The highest BCUT2D eigenvalue weighted by Crippen LogP contribution is 2.27. The van der Waals surface area contributed by atoms with Gasteiger partial charge in [-0.2, -0.15) is 0 Å². The van der Waals surface area contributed by atoms with E-state index < -0.39 is 0 Å². The SMILES string of the molecule is C1=CC2=CC=C1C2.N=C=S. The second kappa shape index (κ2) is 3.25. The van der Waals surface area contributed by atoms with E-state index in [1.165, 1.54) is 17.6 Å². The van der Waals surface area contributed by atoms with Crippen LogP contribution in [-0.4, -0.2) is 5.16 Å². The fraction of sp³-hybridized carbons (Fsp3) is 0.125. The molecule has 1 N–H and O–H groups in total. The lowest BCUT2D eigenvalue weighted by molar-refractivity contribution is 1.32. The van der Waals surface area contributed by atoms with Gasteiger partial charge in [-0.05, 0) is 29.8 Å². The van der Waals surface area contributed by atoms with Gasteiger partial charge in [-0.25, -0.2) is 5.41 Å². The topological polar surface area (TPSA) is 23.9 Å². The third kappa shape index (κ3) is 1.50. The molecule has 0 aliphatic heterocycles. The van der Waals surface area contributed by atoms with Crippen molar-refractivity contribution in [1.82, 2.24) is 0 Å². The highest BCUT2D eigenvalue weighted by atomic mass is 32.1. The average molecular weight is 149 g/mol. The summed E-state index contributed by atoms with van der Waals surface area (Å²) in [7, 11) is 0. The molecule has 50 valence electrons. The lowest BCUT2D eigenvalue weighted by Crippen LogP contribution is -1.59. The molecule has 0 aromatic heterocycles. The van der Waals surface area contributed by atoms with Crippen LogP contribution in [0.4, 0.5) is 0 Å². The molecule has 2 rings (SSSR count). The van der Waals surface area contributed by atoms with E-state index in [4.69, 9.17) is 5.41 Å². The molecule has 2 bridgehead atoms. The van der Waals surface area contributed by atoms with Crippen LogP contribution in [0.1, 0.15) is 6.42 Å². The lowest BCUT2D eigenvalue weighted by atomic mass is 10.3. The number of isothiocyanates is 1. The Morgan fingerprint density at radius 2 is 1.70 bits per heavy atom. The summed E-state index contributed by atoms with van der Waals surface area (Å²) in [5.74, 6) is 0. The molecule has 0 amide bonds. The standard InChI is InChI=1S/C7H6.CHNS/c1-2-7-4-3-6(1)5-7;2-1-3/h1-4H,5H2;2H. The largest absolute Gasteiger partial charge is 0.248 e. The lowest BCUT2D eigenvalue weighted by Gasteiger charge is -1.77. The van der Waals surface area contributed by atoms with Crippen molar-refractivity contribution in [2.45, 2.75) is 6.42 Å². The molecule has 0 saturated carbocycles. The Kier molecular flexibility index (Phi) is 2.32. The van der Waals surface area contributed by atoms with Crippen molar-refractivity contribution < 1.29 is 0 Å². The van der Waals surface area contributed by atoms with Gasteiger partial charge in [0.05, 0.1) is 5.16 Å². The van der Waals surface area contributed by atoms with Gasteiger partial charge in [-0.15, -0.1) is 0 Å². The predicted molar refractivity (Wildman–Crippen MR) is 45.2 cm³/mol. The molecule has 1 nitrogen and oxygen atoms in total. The second-order valence-corrected chi connectivity index (χ2v) is 2.30. The van der Waals surface area contributed by atoms with Crippen LogP contribution in [0.5, 0.6) is 0 Å². The van der Waals surface area contributed by atoms with E-state index in [1.54, 1.807) is 5.16 Å². The van der Waals surface area contributed by atoms with Gasteiger partial charge in [0.1, 0.15) is 0 Å². The highest BCUT2D eigenvalue weighted by Gasteiger charge is 2.07. The fourth-order valence-electron chi connectivity index (χ4n) is 1.01. The summed E-state index contributed by atoms with van der Waals surface area (Å²) in [6.45, 7) is 0. The number of hydrogen-bond donors (Lipinski definition) is 1. The normalized spacial score (nSPS) is 16.8. The summed E-state index contributed by atoms with van der Waals surface area (Å²) in [5.41, 5.74) is 2.94. The van der Waals surface area contributed by atoms with Crippen LogP contribution in [0.2, 0.25) is 0 Å². The van der Waals surface area contributed by atoms with Crippen LogP contribution < -0.4 is 0 Å². The molecular weight excluding hydrogens is 142 g/mol. The number of rotatable bonds is 0. The van der Waals surface area contributed by atoms with Crippen molar-refractivity contribution in [3.8, 4) is 0 Å². The van der Waals surface area contributed by atoms with Crippen LogP contribution in [0.15, 0.2) is 35.5 Å². The van der Waals surface area contributed by atoms with Crippen molar-refractivity contribution in [2.24, 2.45) is 0 Å². The number of hydrogen-bond acceptors (Lipinski definition) is 2. The maximum absolute atomic E-state index is 5.77. The van der Waals surface area contributed by atoms with E-state index in [0.717, 1.165) is 0 Å². The Morgan fingerprint density at radius 1 is 1.30 bits per heavy atom. The minimum atomic E-state index is 1.19. The van der Waals surface area contributed by atoms with E-state index in [2.05, 4.69) is 36.5 Å². The zero-order valence-electron chi connectivity index (χ0n) is 5.42. The monoisotopic (exact) mass is 149 g/mol. The first-order chi connectivity index (χ1) is 4.86. The second-order valence-electron chi connectivity index (χ2n) is 2.10. The summed E-state index contributed by atoms with van der Waals surface area (Å²) in [4.78, 5) is 0. The quantitative estimate of drug-likeness (QED) is 0.415. The maximum atomic E-state index is 5.77. The van der Waals surface area contributed by atoms with Gasteiger partial charge in [-0.1, -0.05) is 24.3 Å². The summed E-state index contributed by atoms with van der Waals surface area (Å²) in [6.07, 6.45) is 9.90. The number of allylic oxidation sites excluding steroid dienone is 6. The number of nitrogens with one attached hydrogen (secondary N) is 1. The first-order valence-corrected chi connectivity index (χ1v) is 3.39. The van der Waals surface area contributed by atoms with Crippen LogP contribution in [-0.2, 0) is 0 Å². The van der Waals surface area contributed by atoms with E-state index in [-0.39, 0.29) is 0 Å². The Bertz CT molecular complexity index is 232. The summed E-state index contributed by atoms with van der Waals surface area (Å²) in [6, 6.07) is 0. The van der Waals surface area contributed by atoms with Crippen LogP contribution in [0, 0.1) is 5.41 Å². The Balaban J connectivity index is 0.000000148. The van der Waals surface area contributed by atoms with Gasteiger partial charge in [0.15, 0.2) is 0 Å². The minimum Gasteiger partial charge on any atom is -0.248 e. The molecule has 10 heavy (non-hydrogen) atoms. The van der Waals surface area contributed by atoms with Gasteiger partial charge in [-0.3, -0.25) is 0 Å². The van der Waals surface area contributed by atoms with Crippen LogP contribution >= 0.6 is 12.2 Å². The molecule has 0 radical (unpaired) electrons. The smallest absolute Gasteiger partial charge is 0.0554 e. The van der Waals surface area contributed by atoms with E-state index in [9.17, 15) is 0 Å². The Morgan fingerprint density at radius 3 is 1.80 bits per heavy atom. The van der Waals surface area contributed by atoms with Crippen LogP contribution in [0.25, 0.3) is 0 Å². The van der Waals surface area contributed by atoms with E-state index >= 15 is 0 Å². The third-order valence-electron chi connectivity index (χ3n) is 1.43. The molecule has 0 aromatic rings. The van der Waals surface area contributed by atoms with Gasteiger partial charge >= 0.3 is 0 Å². The maximum Gasteiger partial charge on any atom is 0.0554 e. The Labute approximate surface area is 65.3 Å². The number of thiocarbonyl (C=S) groups is 1. The number of fused-ring (bicyclic) bond motifs is 2. The summed E-state index contributed by atoms with van der Waals surface area (Å²) < 4.78 is 0. The molecule has 0 atom stereocenters. The van der Waals surface area contributed by atoms with Gasteiger partial charge < -0.3 is 0 Å². The molecule has 0 unspecified atom stereocenters. The third-order valence-corrected chi connectivity index (χ3v) is 1.43. The first kappa shape index (κ1) is 7.13. The molecule has 2 aliphatic rings. The first-order valence-electron chi connectivity index (χ1n) is 2.98. The molecule has 0 aromatic carbocycles. The van der Waals surface area contributed by atoms with Gasteiger partial charge in [0, 0.05) is 0 Å². The van der Waals surface area contributed by atoms with E-state index in [1.807, 2.05) is 0 Å². The molecule has 0 fully saturated rings. The van der Waals surface area contributed by atoms with Crippen LogP contribution in [0.3, 0.4) is 0 Å². The molecule has 0 spiro atoms. The summed E-state index contributed by atoms with van der Waals surface area (Å²) in [5, 5.41) is 7.36. The molecular formula is C8H7NS. The molecule has 0 saturated heterocycles.